The maximum Gasteiger partial charge on any atom is 0.290 e. The van der Waals surface area contributed by atoms with Gasteiger partial charge in [0.05, 0.1) is 4.92 Å². The predicted molar refractivity (Wildman–Crippen MR) is 64.1 cm³/mol. The summed E-state index contributed by atoms with van der Waals surface area (Å²) in [4.78, 5) is 16.8. The fraction of sp³-hybridized carbons (Fsp3) is 0.583. The zero-order valence-electron chi connectivity index (χ0n) is 9.85. The summed E-state index contributed by atoms with van der Waals surface area (Å²) in [5.74, 6) is 0.886. The highest BCUT2D eigenvalue weighted by molar-refractivity contribution is 5.49. The minimum atomic E-state index is -0.377. The fourth-order valence-corrected chi connectivity index (χ4v) is 2.61. The Labute approximate surface area is 99.6 Å². The first-order valence-electron chi connectivity index (χ1n) is 5.96. The number of pyridine rings is 1. The van der Waals surface area contributed by atoms with Gasteiger partial charge in [-0.2, -0.15) is 0 Å². The first-order chi connectivity index (χ1) is 8.10. The van der Waals surface area contributed by atoms with E-state index in [2.05, 4.69) is 9.88 Å². The molecule has 0 amide bonds. The van der Waals surface area contributed by atoms with Gasteiger partial charge in [-0.3, -0.25) is 10.1 Å². The number of hydrogen-bond acceptors (Lipinski definition) is 4. The predicted octanol–water partition coefficient (Wildman–Crippen LogP) is 2.29. The number of nitro groups is 1. The van der Waals surface area contributed by atoms with E-state index >= 15 is 0 Å². The van der Waals surface area contributed by atoms with Crippen LogP contribution >= 0.6 is 0 Å². The van der Waals surface area contributed by atoms with Crippen LogP contribution in [0.2, 0.25) is 0 Å². The number of anilines is 1. The van der Waals surface area contributed by atoms with Crippen LogP contribution in [0.4, 0.5) is 11.5 Å². The lowest BCUT2D eigenvalue weighted by molar-refractivity contribution is -0.385. The maximum atomic E-state index is 10.7. The molecule has 0 bridgehead atoms. The molecule has 1 aromatic rings. The molecule has 5 heteroatoms. The highest BCUT2D eigenvalue weighted by atomic mass is 16.6. The second-order valence-corrected chi connectivity index (χ2v) is 5.26. The molecule has 0 N–H and O–H groups in total. The molecule has 2 heterocycles. The van der Waals surface area contributed by atoms with Crippen molar-refractivity contribution >= 4 is 11.5 Å². The van der Waals surface area contributed by atoms with Crippen LogP contribution in [-0.2, 0) is 0 Å². The van der Waals surface area contributed by atoms with Crippen molar-refractivity contribution in [3.8, 4) is 0 Å². The molecule has 1 saturated carbocycles. The molecule has 17 heavy (non-hydrogen) atoms. The van der Waals surface area contributed by atoms with Gasteiger partial charge in [0.25, 0.3) is 5.69 Å². The molecule has 1 aliphatic heterocycles. The maximum absolute atomic E-state index is 10.7. The van der Waals surface area contributed by atoms with Gasteiger partial charge in [0.15, 0.2) is 0 Å². The smallest absolute Gasteiger partial charge is 0.290 e. The summed E-state index contributed by atoms with van der Waals surface area (Å²) < 4.78 is 0. The highest BCUT2D eigenvalue weighted by Crippen LogP contribution is 2.53. The Morgan fingerprint density at radius 3 is 2.76 bits per heavy atom. The van der Waals surface area contributed by atoms with E-state index in [1.807, 2.05) is 6.07 Å². The van der Waals surface area contributed by atoms with Crippen LogP contribution in [0, 0.1) is 22.5 Å². The Morgan fingerprint density at radius 1 is 1.47 bits per heavy atom. The van der Waals surface area contributed by atoms with E-state index in [1.165, 1.54) is 25.5 Å². The van der Waals surface area contributed by atoms with Crippen LogP contribution < -0.4 is 4.90 Å². The normalized spacial score (nSPS) is 20.9. The average Bonchev–Trinajstić information content (AvgIpc) is 2.88. The molecule has 3 rings (SSSR count). The van der Waals surface area contributed by atoms with Crippen molar-refractivity contribution in [1.29, 1.82) is 0 Å². The summed E-state index contributed by atoms with van der Waals surface area (Å²) in [6, 6.07) is 1.83. The third-order valence-electron chi connectivity index (χ3n) is 3.98. The molecule has 2 aliphatic rings. The average molecular weight is 233 g/mol. The van der Waals surface area contributed by atoms with Gasteiger partial charge in [0, 0.05) is 18.7 Å². The molecule has 0 radical (unpaired) electrons. The first-order valence-corrected chi connectivity index (χ1v) is 5.96. The molecule has 1 aliphatic carbocycles. The summed E-state index contributed by atoms with van der Waals surface area (Å²) >= 11 is 0. The van der Waals surface area contributed by atoms with Crippen LogP contribution in [0.1, 0.15) is 24.8 Å². The molecule has 0 atom stereocenters. The van der Waals surface area contributed by atoms with Crippen LogP contribution in [-0.4, -0.2) is 23.0 Å². The Bertz CT molecular complexity index is 483. The number of aryl methyl sites for hydroxylation is 1. The number of nitrogens with zero attached hydrogens (tertiary/aromatic N) is 3. The van der Waals surface area contributed by atoms with E-state index < -0.39 is 0 Å². The molecule has 0 aromatic carbocycles. The summed E-state index contributed by atoms with van der Waals surface area (Å²) in [5, 5.41) is 10.7. The van der Waals surface area contributed by atoms with Gasteiger partial charge in [0.1, 0.15) is 12.0 Å². The van der Waals surface area contributed by atoms with E-state index in [0.717, 1.165) is 18.9 Å². The van der Waals surface area contributed by atoms with Crippen LogP contribution in [0.3, 0.4) is 0 Å². The van der Waals surface area contributed by atoms with Gasteiger partial charge in [0.2, 0.25) is 0 Å². The summed E-state index contributed by atoms with van der Waals surface area (Å²) in [6.45, 7) is 3.87. The van der Waals surface area contributed by atoms with E-state index in [0.29, 0.717) is 11.0 Å². The third kappa shape index (κ3) is 1.75. The molecular formula is C12H15N3O2. The molecular weight excluding hydrogens is 218 g/mol. The summed E-state index contributed by atoms with van der Waals surface area (Å²) in [6.07, 6.45) is 5.28. The first kappa shape index (κ1) is 10.5. The molecule has 2 fully saturated rings. The zero-order valence-corrected chi connectivity index (χ0v) is 9.85. The van der Waals surface area contributed by atoms with Crippen LogP contribution in [0.15, 0.2) is 12.3 Å². The SMILES string of the molecule is Cc1cc(N2CCC3(CC3)C2)ncc1[N+](=O)[O-]. The minimum absolute atomic E-state index is 0.106. The van der Waals surface area contributed by atoms with Crippen LogP contribution in [0.25, 0.3) is 0 Å². The molecule has 90 valence electrons. The topological polar surface area (TPSA) is 59.3 Å². The number of aromatic nitrogens is 1. The van der Waals surface area contributed by atoms with E-state index in [4.69, 9.17) is 0 Å². The number of hydrogen-bond donors (Lipinski definition) is 0. The summed E-state index contributed by atoms with van der Waals surface area (Å²) in [5.41, 5.74) is 1.35. The van der Waals surface area contributed by atoms with E-state index in [-0.39, 0.29) is 10.6 Å². The van der Waals surface area contributed by atoms with Crippen molar-refractivity contribution in [3.05, 3.63) is 27.9 Å². The Hall–Kier alpha value is -1.65. The number of rotatable bonds is 2. The van der Waals surface area contributed by atoms with Gasteiger partial charge in [-0.05, 0) is 37.7 Å². The van der Waals surface area contributed by atoms with Crippen molar-refractivity contribution < 1.29 is 4.92 Å². The molecule has 5 nitrogen and oxygen atoms in total. The minimum Gasteiger partial charge on any atom is -0.356 e. The van der Waals surface area contributed by atoms with Gasteiger partial charge >= 0.3 is 0 Å². The van der Waals surface area contributed by atoms with E-state index in [1.54, 1.807) is 6.92 Å². The quantitative estimate of drug-likeness (QED) is 0.581. The molecule has 0 unspecified atom stereocenters. The lowest BCUT2D eigenvalue weighted by atomic mass is 10.1. The molecule has 1 aromatic heterocycles. The van der Waals surface area contributed by atoms with E-state index in [9.17, 15) is 10.1 Å². The van der Waals surface area contributed by atoms with Crippen molar-refractivity contribution in [2.24, 2.45) is 5.41 Å². The van der Waals surface area contributed by atoms with Gasteiger partial charge in [-0.1, -0.05) is 0 Å². The largest absolute Gasteiger partial charge is 0.356 e. The lowest BCUT2D eigenvalue weighted by Gasteiger charge is -2.17. The second-order valence-electron chi connectivity index (χ2n) is 5.26. The van der Waals surface area contributed by atoms with Crippen molar-refractivity contribution in [1.82, 2.24) is 4.98 Å². The monoisotopic (exact) mass is 233 g/mol. The van der Waals surface area contributed by atoms with Crippen molar-refractivity contribution in [3.63, 3.8) is 0 Å². The lowest BCUT2D eigenvalue weighted by Crippen LogP contribution is -2.21. The second kappa shape index (κ2) is 3.42. The van der Waals surface area contributed by atoms with Gasteiger partial charge < -0.3 is 4.90 Å². The summed E-state index contributed by atoms with van der Waals surface area (Å²) in [7, 11) is 0. The highest BCUT2D eigenvalue weighted by Gasteiger charge is 2.47. The third-order valence-corrected chi connectivity index (χ3v) is 3.98. The van der Waals surface area contributed by atoms with Gasteiger partial charge in [-0.25, -0.2) is 4.98 Å². The van der Waals surface area contributed by atoms with Gasteiger partial charge in [-0.15, -0.1) is 0 Å². The van der Waals surface area contributed by atoms with Crippen molar-refractivity contribution in [2.75, 3.05) is 18.0 Å². The van der Waals surface area contributed by atoms with Crippen molar-refractivity contribution in [2.45, 2.75) is 26.2 Å². The Balaban J connectivity index is 1.84. The fourth-order valence-electron chi connectivity index (χ4n) is 2.61. The van der Waals surface area contributed by atoms with Crippen LogP contribution in [0.5, 0.6) is 0 Å². The standard InChI is InChI=1S/C12H15N3O2/c1-9-6-11(13-7-10(9)15(16)17)14-5-4-12(8-14)2-3-12/h6-7H,2-5,8H2,1H3. The molecule has 1 spiro atoms. The molecule has 1 saturated heterocycles. The zero-order chi connectivity index (χ0) is 12.0. The Kier molecular flexibility index (Phi) is 2.11. The Morgan fingerprint density at radius 2 is 2.24 bits per heavy atom.